The van der Waals surface area contributed by atoms with E-state index < -0.39 is 6.10 Å². The molecule has 2 aromatic rings. The molecule has 1 aromatic carbocycles. The number of aryl methyl sites for hydroxylation is 1. The van der Waals surface area contributed by atoms with Crippen LogP contribution in [0.15, 0.2) is 28.7 Å². The molecule has 4 nitrogen and oxygen atoms in total. The average Bonchev–Trinajstić information content (AvgIpc) is 2.86. The topological polar surface area (TPSA) is 54.6 Å². The SMILES string of the molecule is CCc1cc2cccc(OC[C@@H](O)CNC(C)C)c2o1. The third kappa shape index (κ3) is 3.74. The second-order valence-electron chi connectivity index (χ2n) is 5.27. The van der Waals surface area contributed by atoms with E-state index in [1.807, 2.05) is 38.1 Å². The quantitative estimate of drug-likeness (QED) is 0.817. The van der Waals surface area contributed by atoms with Crippen molar-refractivity contribution in [1.82, 2.24) is 5.32 Å². The Balaban J connectivity index is 2.00. The Bertz CT molecular complexity index is 548. The van der Waals surface area contributed by atoms with Crippen LogP contribution < -0.4 is 10.1 Å². The van der Waals surface area contributed by atoms with Crippen molar-refractivity contribution in [2.45, 2.75) is 39.3 Å². The Morgan fingerprint density at radius 3 is 2.85 bits per heavy atom. The van der Waals surface area contributed by atoms with Gasteiger partial charge in [0.05, 0.1) is 0 Å². The first-order chi connectivity index (χ1) is 9.60. The predicted molar refractivity (Wildman–Crippen MR) is 80.2 cm³/mol. The number of para-hydroxylation sites is 1. The molecule has 0 spiro atoms. The first-order valence-corrected chi connectivity index (χ1v) is 7.15. The van der Waals surface area contributed by atoms with Gasteiger partial charge in [0.1, 0.15) is 18.5 Å². The van der Waals surface area contributed by atoms with Crippen molar-refractivity contribution >= 4 is 11.0 Å². The largest absolute Gasteiger partial charge is 0.487 e. The van der Waals surface area contributed by atoms with Crippen LogP contribution in [0, 0.1) is 0 Å². The number of fused-ring (bicyclic) bond motifs is 1. The molecule has 4 heteroatoms. The third-order valence-electron chi connectivity index (χ3n) is 3.10. The fraction of sp³-hybridized carbons (Fsp3) is 0.500. The van der Waals surface area contributed by atoms with Gasteiger partial charge in [0.15, 0.2) is 11.3 Å². The van der Waals surface area contributed by atoms with E-state index in [1.165, 1.54) is 0 Å². The summed E-state index contributed by atoms with van der Waals surface area (Å²) in [6, 6.07) is 8.19. The molecule has 1 atom stereocenters. The van der Waals surface area contributed by atoms with Crippen LogP contribution in [-0.4, -0.2) is 30.4 Å². The van der Waals surface area contributed by atoms with Gasteiger partial charge in [-0.1, -0.05) is 32.9 Å². The summed E-state index contributed by atoms with van der Waals surface area (Å²) in [6.45, 7) is 6.92. The molecule has 0 amide bonds. The number of ether oxygens (including phenoxy) is 1. The van der Waals surface area contributed by atoms with Gasteiger partial charge in [0, 0.05) is 24.4 Å². The molecule has 2 N–H and O–H groups in total. The molecule has 0 aliphatic heterocycles. The number of hydrogen-bond acceptors (Lipinski definition) is 4. The zero-order valence-corrected chi connectivity index (χ0v) is 12.3. The highest BCUT2D eigenvalue weighted by Gasteiger charge is 2.11. The van der Waals surface area contributed by atoms with Crippen LogP contribution in [0.3, 0.4) is 0 Å². The molecule has 1 aromatic heterocycles. The van der Waals surface area contributed by atoms with Gasteiger partial charge < -0.3 is 19.6 Å². The molecule has 0 fully saturated rings. The van der Waals surface area contributed by atoms with E-state index in [2.05, 4.69) is 12.2 Å². The molecular weight excluding hydrogens is 254 g/mol. The molecule has 0 saturated carbocycles. The monoisotopic (exact) mass is 277 g/mol. The first kappa shape index (κ1) is 14.9. The summed E-state index contributed by atoms with van der Waals surface area (Å²) in [5.41, 5.74) is 0.758. The Morgan fingerprint density at radius 1 is 1.35 bits per heavy atom. The van der Waals surface area contributed by atoms with Crippen molar-refractivity contribution < 1.29 is 14.3 Å². The molecule has 0 bridgehead atoms. The zero-order valence-electron chi connectivity index (χ0n) is 12.3. The minimum atomic E-state index is -0.534. The lowest BCUT2D eigenvalue weighted by molar-refractivity contribution is 0.105. The lowest BCUT2D eigenvalue weighted by atomic mass is 10.2. The van der Waals surface area contributed by atoms with Crippen LogP contribution in [0.1, 0.15) is 26.5 Å². The molecular formula is C16H23NO3. The van der Waals surface area contributed by atoms with Crippen LogP contribution in [0.4, 0.5) is 0 Å². The summed E-state index contributed by atoms with van der Waals surface area (Å²) in [6.07, 6.45) is 0.322. The van der Waals surface area contributed by atoms with Gasteiger partial charge in [0.25, 0.3) is 0 Å². The van der Waals surface area contributed by atoms with Crippen molar-refractivity contribution in [3.63, 3.8) is 0 Å². The van der Waals surface area contributed by atoms with Crippen molar-refractivity contribution in [3.05, 3.63) is 30.0 Å². The minimum absolute atomic E-state index is 0.251. The van der Waals surface area contributed by atoms with E-state index in [9.17, 15) is 5.11 Å². The molecule has 1 heterocycles. The first-order valence-electron chi connectivity index (χ1n) is 7.15. The fourth-order valence-corrected chi connectivity index (χ4v) is 1.99. The van der Waals surface area contributed by atoms with Gasteiger partial charge in [-0.05, 0) is 12.1 Å². The summed E-state index contributed by atoms with van der Waals surface area (Å²) in [7, 11) is 0. The van der Waals surface area contributed by atoms with Gasteiger partial charge in [0.2, 0.25) is 0 Å². The number of furan rings is 1. The molecule has 0 unspecified atom stereocenters. The average molecular weight is 277 g/mol. The highest BCUT2D eigenvalue weighted by molar-refractivity contribution is 5.83. The Hall–Kier alpha value is -1.52. The maximum Gasteiger partial charge on any atom is 0.176 e. The number of nitrogens with one attached hydrogen (secondary N) is 1. The second kappa shape index (κ2) is 6.77. The molecule has 20 heavy (non-hydrogen) atoms. The summed E-state index contributed by atoms with van der Waals surface area (Å²) >= 11 is 0. The van der Waals surface area contributed by atoms with Crippen molar-refractivity contribution in [2.75, 3.05) is 13.2 Å². The lowest BCUT2D eigenvalue weighted by Crippen LogP contribution is -2.35. The maximum absolute atomic E-state index is 9.86. The summed E-state index contributed by atoms with van der Waals surface area (Å²) in [5.74, 6) is 1.63. The predicted octanol–water partition coefficient (Wildman–Crippen LogP) is 2.73. The van der Waals surface area contributed by atoms with Gasteiger partial charge in [-0.2, -0.15) is 0 Å². The Kier molecular flexibility index (Phi) is 5.04. The van der Waals surface area contributed by atoms with Crippen LogP contribution >= 0.6 is 0 Å². The van der Waals surface area contributed by atoms with Crippen molar-refractivity contribution in [2.24, 2.45) is 0 Å². The molecule has 2 rings (SSSR count). The highest BCUT2D eigenvalue weighted by atomic mass is 16.5. The lowest BCUT2D eigenvalue weighted by Gasteiger charge is -2.15. The number of benzene rings is 1. The van der Waals surface area contributed by atoms with Crippen LogP contribution in [0.5, 0.6) is 5.75 Å². The summed E-state index contributed by atoms with van der Waals surface area (Å²) < 4.78 is 11.4. The van der Waals surface area contributed by atoms with Gasteiger partial charge in [-0.25, -0.2) is 0 Å². The van der Waals surface area contributed by atoms with E-state index >= 15 is 0 Å². The number of aliphatic hydroxyl groups excluding tert-OH is 1. The van der Waals surface area contributed by atoms with Crippen LogP contribution in [0.25, 0.3) is 11.0 Å². The molecule has 0 aliphatic carbocycles. The van der Waals surface area contributed by atoms with E-state index in [4.69, 9.17) is 9.15 Å². The van der Waals surface area contributed by atoms with E-state index in [1.54, 1.807) is 0 Å². The fourth-order valence-electron chi connectivity index (χ4n) is 1.99. The van der Waals surface area contributed by atoms with E-state index in [0.717, 1.165) is 23.2 Å². The highest BCUT2D eigenvalue weighted by Crippen LogP contribution is 2.28. The Labute approximate surface area is 119 Å². The smallest absolute Gasteiger partial charge is 0.176 e. The minimum Gasteiger partial charge on any atom is -0.487 e. The maximum atomic E-state index is 9.86. The van der Waals surface area contributed by atoms with E-state index in [0.29, 0.717) is 18.3 Å². The van der Waals surface area contributed by atoms with E-state index in [-0.39, 0.29) is 6.61 Å². The Morgan fingerprint density at radius 2 is 2.15 bits per heavy atom. The molecule has 110 valence electrons. The normalized spacial score (nSPS) is 13.1. The second-order valence-corrected chi connectivity index (χ2v) is 5.27. The molecule has 0 saturated heterocycles. The zero-order chi connectivity index (χ0) is 14.5. The van der Waals surface area contributed by atoms with Crippen molar-refractivity contribution in [3.8, 4) is 5.75 Å². The van der Waals surface area contributed by atoms with Crippen LogP contribution in [0.2, 0.25) is 0 Å². The van der Waals surface area contributed by atoms with Gasteiger partial charge >= 0.3 is 0 Å². The van der Waals surface area contributed by atoms with Crippen molar-refractivity contribution in [1.29, 1.82) is 0 Å². The number of rotatable bonds is 7. The molecule has 0 aliphatic rings. The number of hydrogen-bond donors (Lipinski definition) is 2. The molecule has 0 radical (unpaired) electrons. The summed E-state index contributed by atoms with van der Waals surface area (Å²) in [5, 5.41) is 14.1. The number of aliphatic hydroxyl groups is 1. The standard InChI is InChI=1S/C16H23NO3/c1-4-14-8-12-6-5-7-15(16(12)20-14)19-10-13(18)9-17-11(2)3/h5-8,11,13,17-18H,4,9-10H2,1-3H3/t13-/m0/s1. The third-order valence-corrected chi connectivity index (χ3v) is 3.10. The van der Waals surface area contributed by atoms with Gasteiger partial charge in [-0.3, -0.25) is 0 Å². The van der Waals surface area contributed by atoms with Crippen LogP contribution in [-0.2, 0) is 6.42 Å². The summed E-state index contributed by atoms with van der Waals surface area (Å²) in [4.78, 5) is 0. The van der Waals surface area contributed by atoms with Gasteiger partial charge in [-0.15, -0.1) is 0 Å².